The van der Waals surface area contributed by atoms with Crippen LogP contribution in [0.5, 0.6) is 0 Å². The molecule has 0 unspecified atom stereocenters. The van der Waals surface area contributed by atoms with Gasteiger partial charge in [0.25, 0.3) is 0 Å². The predicted molar refractivity (Wildman–Crippen MR) is 179 cm³/mol. The zero-order valence-electron chi connectivity index (χ0n) is 25.1. The Kier molecular flexibility index (Phi) is 8.03. The number of thiocarbonyl (C=S) groups is 1. The van der Waals surface area contributed by atoms with Crippen LogP contribution in [0.4, 0.5) is 11.4 Å². The lowest BCUT2D eigenvalue weighted by atomic mass is 9.91. The van der Waals surface area contributed by atoms with Crippen LogP contribution in [0.1, 0.15) is 67.5 Å². The SMILES string of the molecule is CCc1ccc(-n2c(C)cc([C@@H]3[C@H](c4ccccn4)NC(=S)N3c3ccc(N4C[C@@H](C)C[C@H](C)C4)c(Cl)c3)c2C)cc1. The summed E-state index contributed by atoms with van der Waals surface area (Å²) in [5, 5.41) is 5.06. The maximum atomic E-state index is 7.05. The van der Waals surface area contributed by atoms with E-state index in [1.54, 1.807) is 0 Å². The molecule has 2 saturated heterocycles. The lowest BCUT2D eigenvalue weighted by Crippen LogP contribution is -2.38. The minimum Gasteiger partial charge on any atom is -0.370 e. The summed E-state index contributed by atoms with van der Waals surface area (Å²) in [6.07, 6.45) is 4.14. The summed E-state index contributed by atoms with van der Waals surface area (Å²) >= 11 is 13.1. The van der Waals surface area contributed by atoms with E-state index in [9.17, 15) is 0 Å². The average Bonchev–Trinajstić information content (AvgIpc) is 3.47. The third-order valence-corrected chi connectivity index (χ3v) is 9.53. The van der Waals surface area contributed by atoms with Gasteiger partial charge in [0.05, 0.1) is 28.5 Å². The molecule has 7 heteroatoms. The number of hydrogen-bond acceptors (Lipinski definition) is 3. The van der Waals surface area contributed by atoms with E-state index in [0.717, 1.165) is 41.6 Å². The summed E-state index contributed by atoms with van der Waals surface area (Å²) in [5.41, 5.74) is 9.15. The molecule has 2 aliphatic rings. The largest absolute Gasteiger partial charge is 0.370 e. The Morgan fingerprint density at radius 2 is 1.67 bits per heavy atom. The quantitative estimate of drug-likeness (QED) is 0.226. The van der Waals surface area contributed by atoms with Gasteiger partial charge in [0.2, 0.25) is 0 Å². The van der Waals surface area contributed by atoms with Gasteiger partial charge in [-0.15, -0.1) is 0 Å². The van der Waals surface area contributed by atoms with E-state index >= 15 is 0 Å². The van der Waals surface area contributed by atoms with Crippen LogP contribution in [0, 0.1) is 25.7 Å². The molecule has 0 radical (unpaired) electrons. The van der Waals surface area contributed by atoms with E-state index in [0.29, 0.717) is 16.9 Å². The van der Waals surface area contributed by atoms with E-state index in [1.165, 1.54) is 34.6 Å². The zero-order valence-corrected chi connectivity index (χ0v) is 26.7. The van der Waals surface area contributed by atoms with Crippen LogP contribution in [0.2, 0.25) is 5.02 Å². The van der Waals surface area contributed by atoms with Gasteiger partial charge in [-0.3, -0.25) is 4.98 Å². The van der Waals surface area contributed by atoms with Crippen molar-refractivity contribution in [1.29, 1.82) is 0 Å². The molecule has 0 spiro atoms. The molecule has 4 aromatic rings. The standard InChI is InChI=1S/C35H40ClN5S/c1-6-26-10-12-27(13-11-26)40-24(4)18-29(25(40)5)34-33(31-9-7-8-16-37-31)38-35(42)41(34)28-14-15-32(30(36)19-28)39-20-22(2)17-23(3)21-39/h7-16,18-19,22-23,33-34H,6,17,20-21H2,1-5H3,(H,38,42)/t22-,23-,33-,34+/m0/s1. The first-order valence-corrected chi connectivity index (χ1v) is 15.9. The van der Waals surface area contributed by atoms with Crippen molar-refractivity contribution in [2.24, 2.45) is 11.8 Å². The van der Waals surface area contributed by atoms with Gasteiger partial charge in [-0.25, -0.2) is 0 Å². The Morgan fingerprint density at radius 3 is 2.31 bits per heavy atom. The summed E-state index contributed by atoms with van der Waals surface area (Å²) < 4.78 is 2.35. The highest BCUT2D eigenvalue weighted by Gasteiger charge is 2.42. The van der Waals surface area contributed by atoms with Crippen molar-refractivity contribution in [3.05, 3.63) is 106 Å². The number of nitrogens with zero attached hydrogens (tertiary/aromatic N) is 4. The number of hydrogen-bond donors (Lipinski definition) is 1. The fourth-order valence-electron chi connectivity index (χ4n) is 7.08. The monoisotopic (exact) mass is 597 g/mol. The summed E-state index contributed by atoms with van der Waals surface area (Å²) in [4.78, 5) is 9.43. The van der Waals surface area contributed by atoms with Gasteiger partial charge in [0, 0.05) is 42.0 Å². The molecule has 2 aromatic heterocycles. The molecule has 4 heterocycles. The highest BCUT2D eigenvalue weighted by molar-refractivity contribution is 7.80. The second kappa shape index (κ2) is 11.7. The fraction of sp³-hybridized carbons (Fsp3) is 0.371. The highest BCUT2D eigenvalue weighted by Crippen LogP contribution is 2.45. The summed E-state index contributed by atoms with van der Waals surface area (Å²) in [7, 11) is 0. The number of benzene rings is 2. The summed E-state index contributed by atoms with van der Waals surface area (Å²) in [5.74, 6) is 1.30. The normalized spacial score (nSPS) is 22.5. The van der Waals surface area contributed by atoms with Crippen molar-refractivity contribution in [2.45, 2.75) is 59.5 Å². The third kappa shape index (κ3) is 5.31. The van der Waals surface area contributed by atoms with Gasteiger partial charge in [-0.05, 0) is 110 Å². The maximum absolute atomic E-state index is 7.05. The number of piperidine rings is 1. The van der Waals surface area contributed by atoms with Gasteiger partial charge < -0.3 is 19.7 Å². The van der Waals surface area contributed by atoms with Crippen LogP contribution in [0.15, 0.2) is 72.9 Å². The number of rotatable bonds is 6. The van der Waals surface area contributed by atoms with E-state index in [1.807, 2.05) is 18.3 Å². The third-order valence-electron chi connectivity index (χ3n) is 8.91. The van der Waals surface area contributed by atoms with Crippen LogP contribution >= 0.6 is 23.8 Å². The second-order valence-corrected chi connectivity index (χ2v) is 13.0. The molecule has 5 nitrogen and oxygen atoms in total. The lowest BCUT2D eigenvalue weighted by Gasteiger charge is -2.37. The Balaban J connectivity index is 1.43. The van der Waals surface area contributed by atoms with Crippen molar-refractivity contribution in [3.8, 4) is 5.69 Å². The molecule has 0 amide bonds. The van der Waals surface area contributed by atoms with E-state index in [2.05, 4.69) is 109 Å². The Morgan fingerprint density at radius 1 is 0.952 bits per heavy atom. The minimum absolute atomic E-state index is 0.0980. The molecule has 0 aliphatic carbocycles. The molecule has 6 rings (SSSR count). The highest BCUT2D eigenvalue weighted by atomic mass is 35.5. The van der Waals surface area contributed by atoms with Crippen molar-refractivity contribution >= 4 is 40.3 Å². The molecule has 0 saturated carbocycles. The molecule has 0 bridgehead atoms. The molecule has 4 atom stereocenters. The second-order valence-electron chi connectivity index (χ2n) is 12.2. The summed E-state index contributed by atoms with van der Waals surface area (Å²) in [6.45, 7) is 13.3. The number of anilines is 2. The average molecular weight is 598 g/mol. The van der Waals surface area contributed by atoms with Crippen LogP contribution in [-0.2, 0) is 6.42 Å². The van der Waals surface area contributed by atoms with Gasteiger partial charge in [-0.1, -0.05) is 50.6 Å². The molecular weight excluding hydrogens is 558 g/mol. The number of halogens is 1. The predicted octanol–water partition coefficient (Wildman–Crippen LogP) is 8.36. The van der Waals surface area contributed by atoms with Crippen LogP contribution in [0.3, 0.4) is 0 Å². The van der Waals surface area contributed by atoms with E-state index in [-0.39, 0.29) is 12.1 Å². The summed E-state index contributed by atoms with van der Waals surface area (Å²) in [6, 6.07) is 23.5. The van der Waals surface area contributed by atoms with Crippen LogP contribution < -0.4 is 15.1 Å². The zero-order chi connectivity index (χ0) is 29.5. The van der Waals surface area contributed by atoms with Crippen molar-refractivity contribution in [1.82, 2.24) is 14.9 Å². The van der Waals surface area contributed by atoms with Gasteiger partial charge in [-0.2, -0.15) is 0 Å². The van der Waals surface area contributed by atoms with Crippen molar-refractivity contribution < 1.29 is 0 Å². The Labute approximate surface area is 260 Å². The van der Waals surface area contributed by atoms with Crippen molar-refractivity contribution in [3.63, 3.8) is 0 Å². The topological polar surface area (TPSA) is 36.3 Å². The van der Waals surface area contributed by atoms with Gasteiger partial charge >= 0.3 is 0 Å². The van der Waals surface area contributed by atoms with E-state index < -0.39 is 0 Å². The smallest absolute Gasteiger partial charge is 0.174 e. The molecule has 218 valence electrons. The molecular formula is C35H40ClN5S. The number of pyridine rings is 1. The van der Waals surface area contributed by atoms with Gasteiger partial charge in [0.15, 0.2) is 5.11 Å². The lowest BCUT2D eigenvalue weighted by molar-refractivity contribution is 0.357. The molecule has 2 fully saturated rings. The molecule has 1 N–H and O–H groups in total. The number of nitrogens with one attached hydrogen (secondary N) is 1. The molecule has 2 aliphatic heterocycles. The van der Waals surface area contributed by atoms with E-state index in [4.69, 9.17) is 28.8 Å². The Hall–Kier alpha value is -3.35. The maximum Gasteiger partial charge on any atom is 0.174 e. The van der Waals surface area contributed by atoms with Crippen LogP contribution in [0.25, 0.3) is 5.69 Å². The van der Waals surface area contributed by atoms with Crippen molar-refractivity contribution in [2.75, 3.05) is 22.9 Å². The first-order chi connectivity index (χ1) is 20.2. The first-order valence-electron chi connectivity index (χ1n) is 15.1. The van der Waals surface area contributed by atoms with Crippen LogP contribution in [-0.4, -0.2) is 27.8 Å². The molecule has 2 aromatic carbocycles. The first kappa shape index (κ1) is 28.8. The fourth-order valence-corrected chi connectivity index (χ4v) is 7.72. The number of aryl methyl sites for hydroxylation is 2. The minimum atomic E-state index is -0.114. The Bertz CT molecular complexity index is 1570. The molecule has 42 heavy (non-hydrogen) atoms. The number of aromatic nitrogens is 2. The van der Waals surface area contributed by atoms with Gasteiger partial charge in [0.1, 0.15) is 0 Å².